The van der Waals surface area contributed by atoms with Gasteiger partial charge in [0.2, 0.25) is 5.84 Å². The highest BCUT2D eigenvalue weighted by Crippen LogP contribution is 2.39. The molecule has 1 aliphatic heterocycles. The van der Waals surface area contributed by atoms with Gasteiger partial charge >= 0.3 is 0 Å². The van der Waals surface area contributed by atoms with Gasteiger partial charge in [-0.3, -0.25) is 0 Å². The molecule has 3 rings (SSSR count). The molecule has 1 aromatic rings. The Morgan fingerprint density at radius 2 is 2.16 bits per heavy atom. The predicted octanol–water partition coefficient (Wildman–Crippen LogP) is 2.13. The Bertz CT molecular complexity index is 725. The lowest BCUT2D eigenvalue weighted by Gasteiger charge is -2.42. The standard InChI is InChI=1S/C18H25N7/c1-21-15-6-5-14(9-13(15)10-19)24-18(7-3-4-8-18)17-23-16(11-20)22-12-25(17)2/h5-6,9,12,17,21,24H,3-4,7-8,10,19H2,1-2H3. The van der Waals surface area contributed by atoms with Gasteiger partial charge in [-0.15, -0.1) is 0 Å². The number of nitrogens with zero attached hydrogens (tertiary/aromatic N) is 4. The fourth-order valence-corrected chi connectivity index (χ4v) is 3.85. The van der Waals surface area contributed by atoms with Crippen LogP contribution in [0.1, 0.15) is 31.2 Å². The van der Waals surface area contributed by atoms with Gasteiger partial charge in [0.15, 0.2) is 0 Å². The van der Waals surface area contributed by atoms with Crippen molar-refractivity contribution in [2.24, 2.45) is 15.7 Å². The molecule has 0 amide bonds. The Balaban J connectivity index is 1.93. The van der Waals surface area contributed by atoms with E-state index >= 15 is 0 Å². The van der Waals surface area contributed by atoms with Crippen LogP contribution in [0.3, 0.4) is 0 Å². The Hall–Kier alpha value is -2.59. The summed E-state index contributed by atoms with van der Waals surface area (Å²) in [5.41, 5.74) is 8.82. The second-order valence-corrected chi connectivity index (χ2v) is 6.66. The minimum Gasteiger partial charge on any atom is -0.388 e. The molecule has 132 valence electrons. The minimum absolute atomic E-state index is 0.146. The van der Waals surface area contributed by atoms with Crippen LogP contribution in [0.25, 0.3) is 0 Å². The number of benzene rings is 1. The molecular formula is C18H25N7. The Morgan fingerprint density at radius 1 is 1.40 bits per heavy atom. The number of nitriles is 1. The third-order valence-electron chi connectivity index (χ3n) is 5.07. The van der Waals surface area contributed by atoms with Crippen molar-refractivity contribution in [3.63, 3.8) is 0 Å². The van der Waals surface area contributed by atoms with Crippen LogP contribution in [0.5, 0.6) is 0 Å². The summed E-state index contributed by atoms with van der Waals surface area (Å²) in [5, 5.41) is 16.1. The quantitative estimate of drug-likeness (QED) is 0.763. The van der Waals surface area contributed by atoms with Crippen LogP contribution in [-0.4, -0.2) is 42.9 Å². The number of rotatable bonds is 5. The van der Waals surface area contributed by atoms with Crippen molar-refractivity contribution in [3.05, 3.63) is 23.8 Å². The summed E-state index contributed by atoms with van der Waals surface area (Å²) in [6, 6.07) is 8.27. The van der Waals surface area contributed by atoms with E-state index in [9.17, 15) is 5.26 Å². The Labute approximate surface area is 148 Å². The van der Waals surface area contributed by atoms with Crippen LogP contribution in [-0.2, 0) is 6.54 Å². The van der Waals surface area contributed by atoms with E-state index in [-0.39, 0.29) is 17.5 Å². The molecular weight excluding hydrogens is 314 g/mol. The van der Waals surface area contributed by atoms with Gasteiger partial charge in [-0.05, 0) is 36.6 Å². The molecule has 2 aliphatic rings. The van der Waals surface area contributed by atoms with E-state index in [1.54, 1.807) is 6.34 Å². The SMILES string of the molecule is CNc1ccc(NC2(C3N=C(C#N)N=CN3C)CCCC2)cc1CN. The molecule has 1 saturated carbocycles. The predicted molar refractivity (Wildman–Crippen MR) is 102 cm³/mol. The summed E-state index contributed by atoms with van der Waals surface area (Å²) in [6.07, 6.45) is 5.85. The monoisotopic (exact) mass is 339 g/mol. The maximum atomic E-state index is 9.18. The number of hydrogen-bond acceptors (Lipinski definition) is 7. The normalized spacial score (nSPS) is 21.6. The van der Waals surface area contributed by atoms with Crippen LogP contribution in [0.4, 0.5) is 11.4 Å². The number of likely N-dealkylation sites (N-methyl/N-ethyl adjacent to an activating group) is 1. The highest BCUT2D eigenvalue weighted by Gasteiger charge is 2.44. The van der Waals surface area contributed by atoms with Gasteiger partial charge in [-0.1, -0.05) is 12.8 Å². The number of amidine groups is 1. The molecule has 0 radical (unpaired) electrons. The molecule has 1 heterocycles. The lowest BCUT2D eigenvalue weighted by atomic mass is 9.91. The lowest BCUT2D eigenvalue weighted by molar-refractivity contribution is 0.249. The second-order valence-electron chi connectivity index (χ2n) is 6.66. The first-order chi connectivity index (χ1) is 12.1. The third kappa shape index (κ3) is 3.30. The molecule has 1 unspecified atom stereocenters. The summed E-state index contributed by atoms with van der Waals surface area (Å²) in [6.45, 7) is 0.478. The van der Waals surface area contributed by atoms with Crippen molar-refractivity contribution < 1.29 is 0 Å². The van der Waals surface area contributed by atoms with Crippen molar-refractivity contribution in [2.75, 3.05) is 24.7 Å². The molecule has 1 atom stereocenters. The average Bonchev–Trinajstić information content (AvgIpc) is 3.11. The summed E-state index contributed by atoms with van der Waals surface area (Å²) in [7, 11) is 3.86. The van der Waals surface area contributed by atoms with Crippen LogP contribution in [0.15, 0.2) is 28.2 Å². The van der Waals surface area contributed by atoms with Crippen molar-refractivity contribution >= 4 is 23.5 Å². The van der Waals surface area contributed by atoms with Gasteiger partial charge < -0.3 is 21.3 Å². The van der Waals surface area contributed by atoms with E-state index < -0.39 is 0 Å². The van der Waals surface area contributed by atoms with Gasteiger partial charge in [0.1, 0.15) is 12.2 Å². The maximum absolute atomic E-state index is 9.18. The molecule has 0 bridgehead atoms. The molecule has 7 heteroatoms. The summed E-state index contributed by atoms with van der Waals surface area (Å²) in [4.78, 5) is 10.7. The number of anilines is 2. The first-order valence-corrected chi connectivity index (χ1v) is 8.65. The van der Waals surface area contributed by atoms with Crippen LogP contribution in [0.2, 0.25) is 0 Å². The molecule has 0 aromatic heterocycles. The fraction of sp³-hybridized carbons (Fsp3) is 0.500. The van der Waals surface area contributed by atoms with Crippen molar-refractivity contribution in [1.29, 1.82) is 5.26 Å². The lowest BCUT2D eigenvalue weighted by Crippen LogP contribution is -2.54. The van der Waals surface area contributed by atoms with Crippen LogP contribution < -0.4 is 16.4 Å². The molecule has 1 aromatic carbocycles. The summed E-state index contributed by atoms with van der Waals surface area (Å²) >= 11 is 0. The van der Waals surface area contributed by atoms with E-state index in [2.05, 4.69) is 38.8 Å². The van der Waals surface area contributed by atoms with Gasteiger partial charge in [0.05, 0.1) is 11.9 Å². The van der Waals surface area contributed by atoms with E-state index in [0.29, 0.717) is 6.54 Å². The van der Waals surface area contributed by atoms with E-state index in [1.165, 1.54) is 0 Å². The van der Waals surface area contributed by atoms with Gasteiger partial charge in [0, 0.05) is 32.0 Å². The van der Waals surface area contributed by atoms with Crippen molar-refractivity contribution in [3.8, 4) is 6.07 Å². The molecule has 0 saturated heterocycles. The molecule has 0 spiro atoms. The Morgan fingerprint density at radius 3 is 2.80 bits per heavy atom. The molecule has 1 fully saturated rings. The van der Waals surface area contributed by atoms with Crippen molar-refractivity contribution in [1.82, 2.24) is 4.90 Å². The van der Waals surface area contributed by atoms with E-state index in [1.807, 2.05) is 25.1 Å². The topological polar surface area (TPSA) is 102 Å². The number of aliphatic imine (C=N–C) groups is 2. The number of hydrogen-bond donors (Lipinski definition) is 3. The zero-order valence-electron chi connectivity index (χ0n) is 14.8. The zero-order chi connectivity index (χ0) is 17.9. The smallest absolute Gasteiger partial charge is 0.231 e. The largest absolute Gasteiger partial charge is 0.388 e. The molecule has 4 N–H and O–H groups in total. The van der Waals surface area contributed by atoms with Gasteiger partial charge in [0.25, 0.3) is 0 Å². The second kappa shape index (κ2) is 7.11. The summed E-state index contributed by atoms with van der Waals surface area (Å²) < 4.78 is 0. The highest BCUT2D eigenvalue weighted by atomic mass is 15.3. The minimum atomic E-state index is -0.212. The first kappa shape index (κ1) is 17.2. The van der Waals surface area contributed by atoms with Crippen LogP contribution in [0, 0.1) is 11.3 Å². The molecule has 1 aliphatic carbocycles. The third-order valence-corrected chi connectivity index (χ3v) is 5.07. The fourth-order valence-electron chi connectivity index (χ4n) is 3.85. The first-order valence-electron chi connectivity index (χ1n) is 8.65. The highest BCUT2D eigenvalue weighted by molar-refractivity contribution is 6.02. The van der Waals surface area contributed by atoms with Gasteiger partial charge in [-0.25, -0.2) is 9.98 Å². The van der Waals surface area contributed by atoms with E-state index in [4.69, 9.17) is 5.73 Å². The van der Waals surface area contributed by atoms with E-state index in [0.717, 1.165) is 42.6 Å². The van der Waals surface area contributed by atoms with Gasteiger partial charge in [-0.2, -0.15) is 5.26 Å². The maximum Gasteiger partial charge on any atom is 0.231 e. The van der Waals surface area contributed by atoms with Crippen LogP contribution >= 0.6 is 0 Å². The zero-order valence-corrected chi connectivity index (χ0v) is 14.8. The Kier molecular flexibility index (Phi) is 4.91. The summed E-state index contributed by atoms with van der Waals surface area (Å²) in [5.74, 6) is 0.240. The molecule has 25 heavy (non-hydrogen) atoms. The average molecular weight is 339 g/mol. The van der Waals surface area contributed by atoms with Crippen molar-refractivity contribution in [2.45, 2.75) is 43.9 Å². The number of nitrogens with two attached hydrogens (primary N) is 1. The number of nitrogens with one attached hydrogen (secondary N) is 2. The molecule has 7 nitrogen and oxygen atoms in total.